The maximum Gasteiger partial charge on any atom is 0.395 e. The number of hydrogen-bond donors (Lipinski definition) is 1. The molecule has 0 aromatic heterocycles. The largest absolute Gasteiger partial charge is 0.395 e. The SMILES string of the molecule is C#CC1=CC(C(F)(F)F)CC(N[C@@H]2CCCN(C(=O)CCl)C2)=C1. The number of hydrogen-bond acceptors (Lipinski definition) is 2. The lowest BCUT2D eigenvalue weighted by molar-refractivity contribution is -0.161. The Hall–Kier alpha value is -1.61. The summed E-state index contributed by atoms with van der Waals surface area (Å²) in [5, 5.41) is 3.12. The van der Waals surface area contributed by atoms with E-state index in [-0.39, 0.29) is 29.8 Å². The van der Waals surface area contributed by atoms with E-state index in [1.165, 1.54) is 0 Å². The quantitative estimate of drug-likeness (QED) is 0.629. The number of terminal acetylenes is 1. The van der Waals surface area contributed by atoms with Gasteiger partial charge in [0, 0.05) is 36.8 Å². The highest BCUT2D eigenvalue weighted by atomic mass is 35.5. The van der Waals surface area contributed by atoms with Crippen molar-refractivity contribution >= 4 is 17.5 Å². The van der Waals surface area contributed by atoms with E-state index in [9.17, 15) is 18.0 Å². The van der Waals surface area contributed by atoms with E-state index < -0.39 is 12.1 Å². The third-order valence-electron chi connectivity index (χ3n) is 4.02. The number of carbonyl (C=O) groups is 1. The van der Waals surface area contributed by atoms with Gasteiger partial charge in [0.25, 0.3) is 0 Å². The minimum absolute atomic E-state index is 0.0878. The summed E-state index contributed by atoms with van der Waals surface area (Å²) in [6, 6.07) is -0.0897. The van der Waals surface area contributed by atoms with Gasteiger partial charge in [-0.05, 0) is 18.9 Å². The molecule has 1 N–H and O–H groups in total. The van der Waals surface area contributed by atoms with Gasteiger partial charge in [0.05, 0.1) is 5.92 Å². The molecule has 23 heavy (non-hydrogen) atoms. The summed E-state index contributed by atoms with van der Waals surface area (Å²) >= 11 is 5.55. The standard InChI is InChI=1S/C16H18ClF3N2O/c1-2-11-6-12(16(18,19)20)8-14(7-11)21-13-4-3-5-22(10-13)15(23)9-17/h1,6-7,12-13,21H,3-5,8-10H2/t12?,13-/m1/s1. The lowest BCUT2D eigenvalue weighted by Gasteiger charge is -2.35. The number of alkyl halides is 4. The van der Waals surface area contributed by atoms with Crippen LogP contribution in [0.15, 0.2) is 23.4 Å². The van der Waals surface area contributed by atoms with Crippen LogP contribution in [0.5, 0.6) is 0 Å². The van der Waals surface area contributed by atoms with Crippen molar-refractivity contribution in [2.24, 2.45) is 5.92 Å². The van der Waals surface area contributed by atoms with E-state index >= 15 is 0 Å². The highest BCUT2D eigenvalue weighted by Crippen LogP contribution is 2.35. The second-order valence-electron chi connectivity index (χ2n) is 5.75. The Morgan fingerprint density at radius 3 is 2.87 bits per heavy atom. The summed E-state index contributed by atoms with van der Waals surface area (Å²) in [5.41, 5.74) is 0.693. The number of carbonyl (C=O) groups excluding carboxylic acids is 1. The van der Waals surface area contributed by atoms with E-state index in [0.29, 0.717) is 18.8 Å². The first-order valence-corrected chi connectivity index (χ1v) is 7.93. The van der Waals surface area contributed by atoms with Crippen LogP contribution in [0.25, 0.3) is 0 Å². The Kier molecular flexibility index (Phi) is 5.64. The molecule has 2 rings (SSSR count). The van der Waals surface area contributed by atoms with Gasteiger partial charge in [0.15, 0.2) is 0 Å². The maximum absolute atomic E-state index is 13.0. The van der Waals surface area contributed by atoms with Gasteiger partial charge in [0.1, 0.15) is 5.88 Å². The number of amides is 1. The van der Waals surface area contributed by atoms with Crippen molar-refractivity contribution in [3.05, 3.63) is 23.4 Å². The van der Waals surface area contributed by atoms with Crippen molar-refractivity contribution in [3.63, 3.8) is 0 Å². The van der Waals surface area contributed by atoms with Crippen LogP contribution in [0.3, 0.4) is 0 Å². The summed E-state index contributed by atoms with van der Waals surface area (Å²) in [5.74, 6) is 0.447. The zero-order valence-corrected chi connectivity index (χ0v) is 13.3. The van der Waals surface area contributed by atoms with Crippen LogP contribution in [0.4, 0.5) is 13.2 Å². The second-order valence-corrected chi connectivity index (χ2v) is 6.01. The number of piperidine rings is 1. The van der Waals surface area contributed by atoms with Gasteiger partial charge in [-0.15, -0.1) is 18.0 Å². The van der Waals surface area contributed by atoms with Crippen molar-refractivity contribution < 1.29 is 18.0 Å². The average molecular weight is 347 g/mol. The predicted molar refractivity (Wildman–Crippen MR) is 82.6 cm³/mol. The van der Waals surface area contributed by atoms with Crippen molar-refractivity contribution in [2.45, 2.75) is 31.5 Å². The van der Waals surface area contributed by atoms with Crippen LogP contribution >= 0.6 is 11.6 Å². The average Bonchev–Trinajstić information content (AvgIpc) is 2.53. The number of likely N-dealkylation sites (tertiary alicyclic amines) is 1. The fourth-order valence-corrected chi connectivity index (χ4v) is 3.05. The Labute approximate surface area is 138 Å². The van der Waals surface area contributed by atoms with Crippen LogP contribution in [0, 0.1) is 18.3 Å². The molecule has 1 unspecified atom stereocenters. The van der Waals surface area contributed by atoms with Crippen molar-refractivity contribution in [2.75, 3.05) is 19.0 Å². The van der Waals surface area contributed by atoms with E-state index in [2.05, 4.69) is 11.2 Å². The fourth-order valence-electron chi connectivity index (χ4n) is 2.88. The predicted octanol–water partition coefficient (Wildman–Crippen LogP) is 2.83. The smallest absolute Gasteiger partial charge is 0.384 e. The molecule has 1 saturated heterocycles. The maximum atomic E-state index is 13.0. The van der Waals surface area contributed by atoms with Crippen LogP contribution in [0.1, 0.15) is 19.3 Å². The first-order chi connectivity index (χ1) is 10.8. The van der Waals surface area contributed by atoms with Crippen LogP contribution in [0.2, 0.25) is 0 Å². The monoisotopic (exact) mass is 346 g/mol. The van der Waals surface area contributed by atoms with Gasteiger partial charge < -0.3 is 10.2 Å². The van der Waals surface area contributed by atoms with E-state index in [1.807, 2.05) is 0 Å². The molecule has 7 heteroatoms. The van der Waals surface area contributed by atoms with Gasteiger partial charge in [0.2, 0.25) is 5.91 Å². The molecule has 1 aliphatic heterocycles. The zero-order chi connectivity index (χ0) is 17.0. The number of allylic oxidation sites excluding steroid dienone is 4. The van der Waals surface area contributed by atoms with E-state index in [1.54, 1.807) is 11.0 Å². The number of nitrogens with zero attached hydrogens (tertiary/aromatic N) is 1. The van der Waals surface area contributed by atoms with Crippen LogP contribution in [-0.2, 0) is 4.79 Å². The number of halogens is 4. The Bertz CT molecular complexity index is 563. The molecule has 3 nitrogen and oxygen atoms in total. The highest BCUT2D eigenvalue weighted by molar-refractivity contribution is 6.27. The molecular weight excluding hydrogens is 329 g/mol. The molecule has 126 valence electrons. The second kappa shape index (κ2) is 7.31. The molecule has 0 saturated carbocycles. The van der Waals surface area contributed by atoms with Gasteiger partial charge in [-0.3, -0.25) is 4.79 Å². The van der Waals surface area contributed by atoms with Crippen LogP contribution in [-0.4, -0.2) is 42.0 Å². The summed E-state index contributed by atoms with van der Waals surface area (Å²) in [7, 11) is 0. The normalized spacial score (nSPS) is 25.3. The molecule has 1 fully saturated rings. The van der Waals surface area contributed by atoms with Crippen molar-refractivity contribution in [3.8, 4) is 12.3 Å². The summed E-state index contributed by atoms with van der Waals surface area (Å²) < 4.78 is 38.9. The molecular formula is C16H18ClF3N2O. The Morgan fingerprint density at radius 1 is 1.52 bits per heavy atom. The number of rotatable bonds is 3. The molecule has 0 aromatic carbocycles. The first kappa shape index (κ1) is 17.7. The van der Waals surface area contributed by atoms with Crippen LogP contribution < -0.4 is 5.32 Å². The fraction of sp³-hybridized carbons (Fsp3) is 0.562. The summed E-state index contributed by atoms with van der Waals surface area (Å²) in [4.78, 5) is 13.3. The van der Waals surface area contributed by atoms with Gasteiger partial charge >= 0.3 is 6.18 Å². The summed E-state index contributed by atoms with van der Waals surface area (Å²) in [6.07, 6.45) is 5.00. The minimum atomic E-state index is -4.32. The molecule has 0 spiro atoms. The van der Waals surface area contributed by atoms with Gasteiger partial charge in [-0.2, -0.15) is 13.2 Å². The van der Waals surface area contributed by atoms with Gasteiger partial charge in [-0.1, -0.05) is 12.0 Å². The van der Waals surface area contributed by atoms with Crippen molar-refractivity contribution in [1.82, 2.24) is 10.2 Å². The lowest BCUT2D eigenvalue weighted by atomic mass is 9.92. The molecule has 2 atom stereocenters. The zero-order valence-electron chi connectivity index (χ0n) is 12.5. The summed E-state index contributed by atoms with van der Waals surface area (Å²) in [6.45, 7) is 1.07. The topological polar surface area (TPSA) is 32.3 Å². The Morgan fingerprint density at radius 2 is 2.26 bits per heavy atom. The molecule has 0 bridgehead atoms. The van der Waals surface area contributed by atoms with Crippen molar-refractivity contribution in [1.29, 1.82) is 0 Å². The molecule has 1 amide bonds. The molecule has 2 aliphatic rings. The van der Waals surface area contributed by atoms with Gasteiger partial charge in [-0.25, -0.2) is 0 Å². The molecule has 0 aromatic rings. The number of nitrogens with one attached hydrogen (secondary N) is 1. The Balaban J connectivity index is 2.04. The molecule has 1 aliphatic carbocycles. The first-order valence-electron chi connectivity index (χ1n) is 7.39. The minimum Gasteiger partial charge on any atom is -0.384 e. The molecule has 0 radical (unpaired) electrons. The third kappa shape index (κ3) is 4.68. The highest BCUT2D eigenvalue weighted by Gasteiger charge is 2.40. The molecule has 1 heterocycles. The van der Waals surface area contributed by atoms with E-state index in [0.717, 1.165) is 18.9 Å². The van der Waals surface area contributed by atoms with E-state index in [4.69, 9.17) is 18.0 Å². The lowest BCUT2D eigenvalue weighted by Crippen LogP contribution is -2.48. The third-order valence-corrected chi connectivity index (χ3v) is 4.24.